The Labute approximate surface area is 173 Å². The molecule has 2 heterocycles. The van der Waals surface area contributed by atoms with Crippen molar-refractivity contribution >= 4 is 5.96 Å². The summed E-state index contributed by atoms with van der Waals surface area (Å²) in [7, 11) is 2.21. The lowest BCUT2D eigenvalue weighted by Gasteiger charge is -2.40. The van der Waals surface area contributed by atoms with Crippen LogP contribution in [-0.2, 0) is 4.74 Å². The summed E-state index contributed by atoms with van der Waals surface area (Å²) >= 11 is 0. The van der Waals surface area contributed by atoms with Gasteiger partial charge in [-0.3, -0.25) is 4.99 Å². The van der Waals surface area contributed by atoms with Gasteiger partial charge in [0.15, 0.2) is 5.96 Å². The number of hydrogen-bond donors (Lipinski definition) is 2. The number of nitrogens with one attached hydrogen (secondary N) is 2. The van der Waals surface area contributed by atoms with Crippen LogP contribution in [0.5, 0.6) is 0 Å². The molecular weight excluding hydrogens is 350 g/mol. The third-order valence-electron chi connectivity index (χ3n) is 5.90. The Morgan fingerprint density at radius 2 is 1.89 bits per heavy atom. The van der Waals surface area contributed by atoms with E-state index in [1.165, 1.54) is 32.6 Å². The average molecular weight is 396 g/mol. The summed E-state index contributed by atoms with van der Waals surface area (Å²) in [5, 5.41) is 7.01. The second-order valence-corrected chi connectivity index (χ2v) is 9.87. The number of nitrogens with zero attached hydrogens (tertiary/aromatic N) is 3. The van der Waals surface area contributed by atoms with Crippen LogP contribution in [0.2, 0.25) is 0 Å². The lowest BCUT2D eigenvalue weighted by Crippen LogP contribution is -2.48. The molecule has 2 N–H and O–H groups in total. The van der Waals surface area contributed by atoms with Crippen LogP contribution in [0.3, 0.4) is 0 Å². The van der Waals surface area contributed by atoms with Crippen molar-refractivity contribution in [1.29, 1.82) is 0 Å². The number of hydrogen-bond acceptors (Lipinski definition) is 4. The number of piperazine rings is 1. The minimum absolute atomic E-state index is 0.180. The fourth-order valence-corrected chi connectivity index (χ4v) is 4.36. The van der Waals surface area contributed by atoms with E-state index in [0.29, 0.717) is 17.9 Å². The van der Waals surface area contributed by atoms with Gasteiger partial charge in [0.25, 0.3) is 0 Å². The van der Waals surface area contributed by atoms with E-state index in [1.807, 2.05) is 0 Å². The maximum atomic E-state index is 6.13. The molecule has 2 rings (SSSR count). The minimum Gasteiger partial charge on any atom is -0.377 e. The normalized spacial score (nSPS) is 26.9. The number of guanidine groups is 1. The molecule has 3 unspecified atom stereocenters. The predicted octanol–water partition coefficient (Wildman–Crippen LogP) is 2.27. The molecule has 0 aliphatic carbocycles. The molecule has 0 aromatic heterocycles. The molecule has 2 fully saturated rings. The van der Waals surface area contributed by atoms with E-state index in [0.717, 1.165) is 45.2 Å². The highest BCUT2D eigenvalue weighted by Gasteiger charge is 2.35. The van der Waals surface area contributed by atoms with Crippen molar-refractivity contribution in [2.75, 3.05) is 66.0 Å². The Morgan fingerprint density at radius 1 is 1.18 bits per heavy atom. The molecule has 2 aliphatic heterocycles. The van der Waals surface area contributed by atoms with Gasteiger partial charge in [0.2, 0.25) is 0 Å². The first-order valence-corrected chi connectivity index (χ1v) is 11.3. The van der Waals surface area contributed by atoms with Crippen LogP contribution in [0.15, 0.2) is 4.99 Å². The molecular formula is C22H45N5O. The number of aliphatic imine (C=N–C) groups is 1. The van der Waals surface area contributed by atoms with Crippen LogP contribution in [0.1, 0.15) is 47.5 Å². The van der Waals surface area contributed by atoms with Gasteiger partial charge < -0.3 is 25.2 Å². The molecule has 0 saturated carbocycles. The average Bonchev–Trinajstić information content (AvgIpc) is 2.65. The van der Waals surface area contributed by atoms with Crippen molar-refractivity contribution in [2.24, 2.45) is 22.2 Å². The SMILES string of the molecule is CCNC(=NCC(C)CN1CCN(C)CC1)NCC1CCCOC1C(C)(C)C. The van der Waals surface area contributed by atoms with Crippen LogP contribution in [0, 0.1) is 17.3 Å². The van der Waals surface area contributed by atoms with Gasteiger partial charge in [-0.25, -0.2) is 0 Å². The molecule has 6 heteroatoms. The van der Waals surface area contributed by atoms with Gasteiger partial charge >= 0.3 is 0 Å². The molecule has 0 bridgehead atoms. The van der Waals surface area contributed by atoms with Gasteiger partial charge in [-0.2, -0.15) is 0 Å². The number of ether oxygens (including phenoxy) is 1. The molecule has 0 spiro atoms. The van der Waals surface area contributed by atoms with Crippen molar-refractivity contribution < 1.29 is 4.74 Å². The van der Waals surface area contributed by atoms with E-state index < -0.39 is 0 Å². The summed E-state index contributed by atoms with van der Waals surface area (Å²) in [6, 6.07) is 0. The fraction of sp³-hybridized carbons (Fsp3) is 0.955. The van der Waals surface area contributed by atoms with Crippen LogP contribution in [-0.4, -0.2) is 87.9 Å². The van der Waals surface area contributed by atoms with Gasteiger partial charge in [-0.15, -0.1) is 0 Å². The van der Waals surface area contributed by atoms with Crippen molar-refractivity contribution in [3.63, 3.8) is 0 Å². The highest BCUT2D eigenvalue weighted by molar-refractivity contribution is 5.79. The van der Waals surface area contributed by atoms with Crippen LogP contribution >= 0.6 is 0 Å². The minimum atomic E-state index is 0.180. The molecule has 2 saturated heterocycles. The predicted molar refractivity (Wildman–Crippen MR) is 119 cm³/mol. The topological polar surface area (TPSA) is 52.1 Å². The Balaban J connectivity index is 1.82. The molecule has 0 amide bonds. The summed E-state index contributed by atoms with van der Waals surface area (Å²) in [5.74, 6) is 2.06. The standard InChI is InChI=1S/C22H45N5O/c1-7-23-21(24-15-18(2)17-27-12-10-26(6)11-13-27)25-16-19-9-8-14-28-20(19)22(3,4)5/h18-20H,7-17H2,1-6H3,(H2,23,24,25). The van der Waals surface area contributed by atoms with E-state index in [1.54, 1.807) is 0 Å². The molecule has 0 aromatic carbocycles. The van der Waals surface area contributed by atoms with Crippen LogP contribution in [0.25, 0.3) is 0 Å². The number of rotatable bonds is 7. The summed E-state index contributed by atoms with van der Waals surface area (Å²) < 4.78 is 6.13. The van der Waals surface area contributed by atoms with Crippen LogP contribution < -0.4 is 10.6 Å². The Kier molecular flexibility index (Phi) is 9.51. The van der Waals surface area contributed by atoms with Crippen LogP contribution in [0.4, 0.5) is 0 Å². The summed E-state index contributed by atoms with van der Waals surface area (Å²) in [6.45, 7) is 20.8. The number of likely N-dealkylation sites (N-methyl/N-ethyl adjacent to an activating group) is 1. The second kappa shape index (κ2) is 11.4. The largest absolute Gasteiger partial charge is 0.377 e. The van der Waals surface area contributed by atoms with E-state index >= 15 is 0 Å². The third kappa shape index (κ3) is 7.88. The van der Waals surface area contributed by atoms with Crippen molar-refractivity contribution in [3.05, 3.63) is 0 Å². The van der Waals surface area contributed by atoms with Gasteiger partial charge in [-0.05, 0) is 38.1 Å². The van der Waals surface area contributed by atoms with Gasteiger partial charge in [0.05, 0.1) is 6.10 Å². The van der Waals surface area contributed by atoms with Gasteiger partial charge in [0.1, 0.15) is 0 Å². The lowest BCUT2D eigenvalue weighted by atomic mass is 9.78. The van der Waals surface area contributed by atoms with Crippen molar-refractivity contribution in [2.45, 2.75) is 53.6 Å². The maximum absolute atomic E-state index is 6.13. The highest BCUT2D eigenvalue weighted by atomic mass is 16.5. The summed E-state index contributed by atoms with van der Waals surface area (Å²) in [4.78, 5) is 9.87. The van der Waals surface area contributed by atoms with E-state index in [2.05, 4.69) is 62.1 Å². The summed E-state index contributed by atoms with van der Waals surface area (Å²) in [6.07, 6.45) is 2.70. The quantitative estimate of drug-likeness (QED) is 0.512. The zero-order valence-electron chi connectivity index (χ0n) is 19.3. The van der Waals surface area contributed by atoms with E-state index in [4.69, 9.17) is 9.73 Å². The molecule has 6 nitrogen and oxygen atoms in total. The van der Waals surface area contributed by atoms with Crippen molar-refractivity contribution in [1.82, 2.24) is 20.4 Å². The zero-order valence-corrected chi connectivity index (χ0v) is 19.3. The lowest BCUT2D eigenvalue weighted by molar-refractivity contribution is -0.0835. The smallest absolute Gasteiger partial charge is 0.191 e. The Morgan fingerprint density at radius 3 is 2.54 bits per heavy atom. The molecule has 3 atom stereocenters. The molecule has 0 radical (unpaired) electrons. The van der Waals surface area contributed by atoms with Gasteiger partial charge in [-0.1, -0.05) is 27.7 Å². The van der Waals surface area contributed by atoms with Gasteiger partial charge in [0, 0.05) is 64.9 Å². The maximum Gasteiger partial charge on any atom is 0.191 e. The van der Waals surface area contributed by atoms with E-state index in [-0.39, 0.29) is 5.41 Å². The van der Waals surface area contributed by atoms with E-state index in [9.17, 15) is 0 Å². The summed E-state index contributed by atoms with van der Waals surface area (Å²) in [5.41, 5.74) is 0.180. The molecule has 164 valence electrons. The first-order chi connectivity index (χ1) is 13.3. The Bertz CT molecular complexity index is 468. The third-order valence-corrected chi connectivity index (χ3v) is 5.90. The zero-order chi connectivity index (χ0) is 20.6. The van der Waals surface area contributed by atoms with Crippen molar-refractivity contribution in [3.8, 4) is 0 Å². The second-order valence-electron chi connectivity index (χ2n) is 9.87. The first kappa shape index (κ1) is 23.4. The monoisotopic (exact) mass is 395 g/mol. The highest BCUT2D eigenvalue weighted by Crippen LogP contribution is 2.33. The molecule has 28 heavy (non-hydrogen) atoms. The Hall–Kier alpha value is -0.850. The molecule has 0 aromatic rings. The molecule has 2 aliphatic rings. The fourth-order valence-electron chi connectivity index (χ4n) is 4.36. The first-order valence-electron chi connectivity index (χ1n) is 11.3.